The molecule has 0 amide bonds. The predicted octanol–water partition coefficient (Wildman–Crippen LogP) is 1.53. The second-order valence-electron chi connectivity index (χ2n) is 3.45. The molecule has 1 aromatic heterocycles. The van der Waals surface area contributed by atoms with E-state index in [2.05, 4.69) is 19.0 Å². The van der Waals surface area contributed by atoms with Gasteiger partial charge in [-0.1, -0.05) is 0 Å². The molecule has 14 heavy (non-hydrogen) atoms. The van der Waals surface area contributed by atoms with Crippen molar-refractivity contribution in [2.45, 2.75) is 12.3 Å². The van der Waals surface area contributed by atoms with Crippen LogP contribution in [0.4, 0.5) is 0 Å². The van der Waals surface area contributed by atoms with Crippen LogP contribution in [-0.2, 0) is 12.3 Å². The van der Waals surface area contributed by atoms with Gasteiger partial charge in [-0.15, -0.1) is 0 Å². The average molecular weight is 214 g/mol. The molecule has 0 atom stereocenters. The lowest BCUT2D eigenvalue weighted by Gasteiger charge is -2.08. The lowest BCUT2D eigenvalue weighted by Crippen LogP contribution is -2.11. The van der Waals surface area contributed by atoms with E-state index in [0.29, 0.717) is 0 Å². The molecule has 0 radical (unpaired) electrons. The molecule has 1 rings (SSSR count). The highest BCUT2D eigenvalue weighted by atomic mass is 32.2. The van der Waals surface area contributed by atoms with E-state index in [1.807, 2.05) is 17.8 Å². The molecule has 3 nitrogen and oxygen atoms in total. The van der Waals surface area contributed by atoms with Crippen LogP contribution in [0.15, 0.2) is 16.7 Å². The predicted molar refractivity (Wildman–Crippen MR) is 61.3 cm³/mol. The molecule has 0 fully saturated rings. The SMILES string of the molecule is CN(C)Cc1ccoc1CSCCN. The number of furan rings is 1. The molecule has 0 saturated carbocycles. The van der Waals surface area contributed by atoms with Crippen LogP contribution in [0.2, 0.25) is 0 Å². The van der Waals surface area contributed by atoms with Gasteiger partial charge in [-0.05, 0) is 20.2 Å². The van der Waals surface area contributed by atoms with Crippen LogP contribution >= 0.6 is 11.8 Å². The first-order chi connectivity index (χ1) is 6.74. The Balaban J connectivity index is 2.45. The van der Waals surface area contributed by atoms with Crippen molar-refractivity contribution in [3.63, 3.8) is 0 Å². The van der Waals surface area contributed by atoms with Crippen LogP contribution in [0, 0.1) is 0 Å². The van der Waals surface area contributed by atoms with Gasteiger partial charge in [-0.3, -0.25) is 0 Å². The zero-order valence-corrected chi connectivity index (χ0v) is 9.64. The van der Waals surface area contributed by atoms with Crippen molar-refractivity contribution in [2.75, 3.05) is 26.4 Å². The first-order valence-corrected chi connectivity index (χ1v) is 5.87. The standard InChI is InChI=1S/C10H18N2OS/c1-12(2)7-9-3-5-13-10(9)8-14-6-4-11/h3,5H,4,6-8,11H2,1-2H3. The minimum Gasteiger partial charge on any atom is -0.468 e. The summed E-state index contributed by atoms with van der Waals surface area (Å²) in [7, 11) is 4.12. The minimum absolute atomic E-state index is 0.731. The normalized spacial score (nSPS) is 11.1. The van der Waals surface area contributed by atoms with Gasteiger partial charge in [-0.2, -0.15) is 11.8 Å². The van der Waals surface area contributed by atoms with Gasteiger partial charge in [0.05, 0.1) is 12.0 Å². The van der Waals surface area contributed by atoms with Gasteiger partial charge in [0.25, 0.3) is 0 Å². The summed E-state index contributed by atoms with van der Waals surface area (Å²) >= 11 is 1.81. The van der Waals surface area contributed by atoms with Gasteiger partial charge in [0.2, 0.25) is 0 Å². The monoisotopic (exact) mass is 214 g/mol. The molecule has 0 aliphatic rings. The van der Waals surface area contributed by atoms with E-state index in [1.165, 1.54) is 5.56 Å². The van der Waals surface area contributed by atoms with Crippen molar-refractivity contribution in [1.29, 1.82) is 0 Å². The smallest absolute Gasteiger partial charge is 0.118 e. The Morgan fingerprint density at radius 1 is 1.50 bits per heavy atom. The van der Waals surface area contributed by atoms with Crippen LogP contribution in [0.3, 0.4) is 0 Å². The van der Waals surface area contributed by atoms with Crippen LogP contribution in [0.5, 0.6) is 0 Å². The highest BCUT2D eigenvalue weighted by Gasteiger charge is 2.06. The summed E-state index contributed by atoms with van der Waals surface area (Å²) in [6, 6.07) is 2.04. The highest BCUT2D eigenvalue weighted by Crippen LogP contribution is 2.18. The fourth-order valence-electron chi connectivity index (χ4n) is 1.22. The van der Waals surface area contributed by atoms with Crippen molar-refractivity contribution >= 4 is 11.8 Å². The maximum absolute atomic E-state index is 5.43. The molecule has 0 saturated heterocycles. The third kappa shape index (κ3) is 3.74. The molecule has 80 valence electrons. The zero-order valence-electron chi connectivity index (χ0n) is 8.82. The van der Waals surface area contributed by atoms with E-state index in [-0.39, 0.29) is 0 Å². The van der Waals surface area contributed by atoms with Crippen molar-refractivity contribution in [3.05, 3.63) is 23.7 Å². The van der Waals surface area contributed by atoms with E-state index >= 15 is 0 Å². The van der Waals surface area contributed by atoms with Crippen molar-refractivity contribution < 1.29 is 4.42 Å². The fraction of sp³-hybridized carbons (Fsp3) is 0.600. The van der Waals surface area contributed by atoms with Gasteiger partial charge >= 0.3 is 0 Å². The van der Waals surface area contributed by atoms with Gasteiger partial charge in [0, 0.05) is 24.4 Å². The number of nitrogens with zero attached hydrogens (tertiary/aromatic N) is 1. The third-order valence-corrected chi connectivity index (χ3v) is 2.81. The van der Waals surface area contributed by atoms with E-state index in [1.54, 1.807) is 6.26 Å². The van der Waals surface area contributed by atoms with Gasteiger partial charge < -0.3 is 15.1 Å². The molecule has 0 aliphatic carbocycles. The summed E-state index contributed by atoms with van der Waals surface area (Å²) in [6.45, 7) is 1.67. The number of rotatable bonds is 6. The number of thioether (sulfide) groups is 1. The summed E-state index contributed by atoms with van der Waals surface area (Å²) in [6.07, 6.45) is 1.76. The fourth-order valence-corrected chi connectivity index (χ4v) is 1.97. The number of nitrogens with two attached hydrogens (primary N) is 1. The number of hydrogen-bond donors (Lipinski definition) is 1. The highest BCUT2D eigenvalue weighted by molar-refractivity contribution is 7.98. The summed E-state index contributed by atoms with van der Waals surface area (Å²) in [5, 5.41) is 0. The average Bonchev–Trinajstić information content (AvgIpc) is 2.52. The molecule has 0 unspecified atom stereocenters. The van der Waals surface area contributed by atoms with E-state index in [0.717, 1.165) is 30.4 Å². The van der Waals surface area contributed by atoms with E-state index < -0.39 is 0 Å². The van der Waals surface area contributed by atoms with Crippen LogP contribution < -0.4 is 5.73 Å². The van der Waals surface area contributed by atoms with Gasteiger partial charge in [-0.25, -0.2) is 0 Å². The second kappa shape index (κ2) is 6.11. The van der Waals surface area contributed by atoms with Crippen molar-refractivity contribution in [2.24, 2.45) is 5.73 Å². The molecule has 0 aliphatic heterocycles. The van der Waals surface area contributed by atoms with Crippen molar-refractivity contribution in [3.8, 4) is 0 Å². The van der Waals surface area contributed by atoms with E-state index in [4.69, 9.17) is 10.2 Å². The first-order valence-electron chi connectivity index (χ1n) is 4.72. The summed E-state index contributed by atoms with van der Waals surface area (Å²) in [4.78, 5) is 2.14. The zero-order chi connectivity index (χ0) is 10.4. The van der Waals surface area contributed by atoms with Crippen molar-refractivity contribution in [1.82, 2.24) is 4.90 Å². The minimum atomic E-state index is 0.731. The Morgan fingerprint density at radius 3 is 2.93 bits per heavy atom. The Hall–Kier alpha value is -0.450. The molecular formula is C10H18N2OS. The first kappa shape index (κ1) is 11.6. The quantitative estimate of drug-likeness (QED) is 0.729. The Morgan fingerprint density at radius 2 is 2.29 bits per heavy atom. The Labute approximate surface area is 89.6 Å². The summed E-state index contributed by atoms with van der Waals surface area (Å²) in [5.41, 5.74) is 6.70. The Bertz CT molecular complexity index is 260. The second-order valence-corrected chi connectivity index (χ2v) is 4.55. The van der Waals surface area contributed by atoms with Crippen LogP contribution in [0.1, 0.15) is 11.3 Å². The lowest BCUT2D eigenvalue weighted by atomic mass is 10.2. The lowest BCUT2D eigenvalue weighted by molar-refractivity contribution is 0.396. The van der Waals surface area contributed by atoms with Crippen LogP contribution in [-0.4, -0.2) is 31.3 Å². The van der Waals surface area contributed by atoms with Gasteiger partial charge in [0.1, 0.15) is 5.76 Å². The third-order valence-electron chi connectivity index (χ3n) is 1.82. The van der Waals surface area contributed by atoms with Crippen LogP contribution in [0.25, 0.3) is 0 Å². The van der Waals surface area contributed by atoms with E-state index in [9.17, 15) is 0 Å². The Kier molecular flexibility index (Phi) is 5.07. The molecule has 0 bridgehead atoms. The molecule has 1 heterocycles. The summed E-state index contributed by atoms with van der Waals surface area (Å²) in [5.74, 6) is 2.99. The number of hydrogen-bond acceptors (Lipinski definition) is 4. The molecule has 0 aromatic carbocycles. The molecular weight excluding hydrogens is 196 g/mol. The van der Waals surface area contributed by atoms with Gasteiger partial charge in [0.15, 0.2) is 0 Å². The molecule has 0 spiro atoms. The maximum atomic E-state index is 5.43. The summed E-state index contributed by atoms with van der Waals surface area (Å²) < 4.78 is 5.42. The molecule has 1 aromatic rings. The molecule has 4 heteroatoms. The maximum Gasteiger partial charge on any atom is 0.118 e. The largest absolute Gasteiger partial charge is 0.468 e. The topological polar surface area (TPSA) is 42.4 Å². The molecule has 2 N–H and O–H groups in total.